The fourth-order valence-electron chi connectivity index (χ4n) is 4.21. The molecule has 2 aliphatic heterocycles. The van der Waals surface area contributed by atoms with Crippen molar-refractivity contribution in [1.29, 1.82) is 0 Å². The molecule has 8 nitrogen and oxygen atoms in total. The Morgan fingerprint density at radius 1 is 1.15 bits per heavy atom. The average Bonchev–Trinajstić information content (AvgIpc) is 3.49. The second-order valence-corrected chi connectivity index (χ2v) is 7.94. The third-order valence-electron chi connectivity index (χ3n) is 5.81. The van der Waals surface area contributed by atoms with E-state index >= 15 is 0 Å². The van der Waals surface area contributed by atoms with E-state index in [1.165, 1.54) is 12.3 Å². The maximum Gasteiger partial charge on any atom is 0.410 e. The number of morpholine rings is 1. The van der Waals surface area contributed by atoms with Crippen LogP contribution in [0.2, 0.25) is 0 Å². The molecule has 2 aliphatic rings. The Bertz CT molecular complexity index is 1120. The van der Waals surface area contributed by atoms with Crippen LogP contribution >= 0.6 is 0 Å². The van der Waals surface area contributed by atoms with Gasteiger partial charge in [-0.05, 0) is 24.3 Å². The topological polar surface area (TPSA) is 84.6 Å². The summed E-state index contributed by atoms with van der Waals surface area (Å²) >= 11 is 0. The van der Waals surface area contributed by atoms with Crippen molar-refractivity contribution < 1.29 is 27.1 Å². The monoisotopic (exact) mass is 461 g/mol. The maximum absolute atomic E-state index is 13.8. The predicted molar refractivity (Wildman–Crippen MR) is 114 cm³/mol. The number of fused-ring (bicyclic) bond motifs is 1. The van der Waals surface area contributed by atoms with Gasteiger partial charge in [0.15, 0.2) is 11.7 Å². The van der Waals surface area contributed by atoms with Gasteiger partial charge in [0, 0.05) is 25.6 Å². The van der Waals surface area contributed by atoms with Crippen LogP contribution in [0.15, 0.2) is 53.1 Å². The average molecular weight is 461 g/mol. The first-order valence-electron chi connectivity index (χ1n) is 10.6. The van der Waals surface area contributed by atoms with E-state index in [0.29, 0.717) is 37.8 Å². The number of hydrogen-bond donors (Lipinski definition) is 2. The summed E-state index contributed by atoms with van der Waals surface area (Å²) < 4.78 is 53.0. The molecule has 3 aromatic rings. The normalized spacial score (nSPS) is 20.8. The van der Waals surface area contributed by atoms with Gasteiger partial charge in [-0.1, -0.05) is 12.1 Å². The molecule has 0 radical (unpaired) electrons. The molecule has 2 aromatic heterocycles. The number of halogens is 3. The standard InChI is InChI=1S/C22H22F3N5O3/c23-22(24,25)19-12-15(18-6-3-9-33-18)26-20-13-16(28-30(19)20)21(31)27-14-4-1-2-5-17(14)29-7-10-32-11-8-29/h1-6,9,13,15,19,26H,7-8,10-12H2,(H,27,31). The molecule has 1 amide bonds. The number of rotatable bonds is 4. The van der Waals surface area contributed by atoms with Gasteiger partial charge in [0.1, 0.15) is 11.6 Å². The highest BCUT2D eigenvalue weighted by Crippen LogP contribution is 2.43. The van der Waals surface area contributed by atoms with E-state index in [1.807, 2.05) is 12.1 Å². The number of ether oxygens (including phenoxy) is 1. The molecule has 1 saturated heterocycles. The van der Waals surface area contributed by atoms with Gasteiger partial charge in [-0.25, -0.2) is 4.68 Å². The van der Waals surface area contributed by atoms with E-state index in [9.17, 15) is 18.0 Å². The number of anilines is 3. The first kappa shape index (κ1) is 21.4. The van der Waals surface area contributed by atoms with Crippen LogP contribution in [-0.4, -0.2) is 48.2 Å². The number of carbonyl (C=O) groups excluding carboxylic acids is 1. The number of para-hydroxylation sites is 2. The largest absolute Gasteiger partial charge is 0.467 e. The number of carbonyl (C=O) groups is 1. The lowest BCUT2D eigenvalue weighted by Crippen LogP contribution is -2.36. The number of furan rings is 1. The van der Waals surface area contributed by atoms with Gasteiger partial charge in [-0.15, -0.1) is 0 Å². The van der Waals surface area contributed by atoms with Crippen LogP contribution in [0.3, 0.4) is 0 Å². The van der Waals surface area contributed by atoms with Crippen LogP contribution in [0.1, 0.15) is 34.8 Å². The minimum absolute atomic E-state index is 0.108. The molecule has 2 N–H and O–H groups in total. The Kier molecular flexibility index (Phi) is 5.49. The molecule has 11 heteroatoms. The third kappa shape index (κ3) is 4.28. The number of nitrogens with one attached hydrogen (secondary N) is 2. The second-order valence-electron chi connectivity index (χ2n) is 7.94. The molecule has 4 heterocycles. The van der Waals surface area contributed by atoms with Crippen LogP contribution in [0.5, 0.6) is 0 Å². The molecule has 174 valence electrons. The second kappa shape index (κ2) is 8.47. The quantitative estimate of drug-likeness (QED) is 0.605. The predicted octanol–water partition coefficient (Wildman–Crippen LogP) is 4.23. The van der Waals surface area contributed by atoms with Crippen LogP contribution in [-0.2, 0) is 4.74 Å². The summed E-state index contributed by atoms with van der Waals surface area (Å²) in [5.41, 5.74) is 1.27. The van der Waals surface area contributed by atoms with Crippen LogP contribution in [0.4, 0.5) is 30.4 Å². The number of alkyl halides is 3. The number of benzene rings is 1. The Morgan fingerprint density at radius 3 is 2.67 bits per heavy atom. The van der Waals surface area contributed by atoms with Crippen LogP contribution in [0.25, 0.3) is 0 Å². The SMILES string of the molecule is O=C(Nc1ccccc1N1CCOCC1)c1cc2n(n1)C(C(F)(F)F)CC(c1ccco1)N2. The van der Waals surface area contributed by atoms with E-state index in [4.69, 9.17) is 9.15 Å². The number of amides is 1. The first-order valence-corrected chi connectivity index (χ1v) is 10.6. The molecule has 2 unspecified atom stereocenters. The number of aromatic nitrogens is 2. The lowest BCUT2D eigenvalue weighted by molar-refractivity contribution is -0.174. The fourth-order valence-corrected chi connectivity index (χ4v) is 4.21. The van der Waals surface area contributed by atoms with Gasteiger partial charge in [-0.3, -0.25) is 4.79 Å². The maximum atomic E-state index is 13.8. The van der Waals surface area contributed by atoms with Gasteiger partial charge in [0.25, 0.3) is 5.91 Å². The van der Waals surface area contributed by atoms with E-state index in [-0.39, 0.29) is 17.9 Å². The van der Waals surface area contributed by atoms with Crippen molar-refractivity contribution in [2.24, 2.45) is 0 Å². The van der Waals surface area contributed by atoms with Gasteiger partial charge in [0.05, 0.1) is 36.9 Å². The zero-order valence-electron chi connectivity index (χ0n) is 17.5. The van der Waals surface area contributed by atoms with Crippen LogP contribution < -0.4 is 15.5 Å². The molecule has 1 fully saturated rings. The van der Waals surface area contributed by atoms with E-state index in [2.05, 4.69) is 20.6 Å². The highest BCUT2D eigenvalue weighted by Gasteiger charge is 2.47. The summed E-state index contributed by atoms with van der Waals surface area (Å²) in [5.74, 6) is -0.0892. The molecular weight excluding hydrogens is 439 g/mol. The van der Waals surface area contributed by atoms with Crippen molar-refractivity contribution in [2.45, 2.75) is 24.7 Å². The van der Waals surface area contributed by atoms with Crippen molar-refractivity contribution in [1.82, 2.24) is 9.78 Å². The lowest BCUT2D eigenvalue weighted by Gasteiger charge is -2.32. The summed E-state index contributed by atoms with van der Waals surface area (Å²) in [7, 11) is 0. The smallest absolute Gasteiger partial charge is 0.410 e. The van der Waals surface area contributed by atoms with Crippen molar-refractivity contribution in [3.8, 4) is 0 Å². The first-order chi connectivity index (χ1) is 15.9. The summed E-state index contributed by atoms with van der Waals surface area (Å²) in [6.07, 6.45) is -3.42. The zero-order chi connectivity index (χ0) is 23.0. The Hall–Kier alpha value is -3.47. The van der Waals surface area contributed by atoms with Crippen molar-refractivity contribution >= 4 is 23.1 Å². The van der Waals surface area contributed by atoms with E-state index in [1.54, 1.807) is 24.3 Å². The molecule has 0 saturated carbocycles. The molecule has 2 atom stereocenters. The highest BCUT2D eigenvalue weighted by molar-refractivity contribution is 6.05. The van der Waals surface area contributed by atoms with Gasteiger partial charge >= 0.3 is 6.18 Å². The van der Waals surface area contributed by atoms with Gasteiger partial charge in [0.2, 0.25) is 0 Å². The fraction of sp³-hybridized carbons (Fsp3) is 0.364. The van der Waals surface area contributed by atoms with Gasteiger partial charge in [-0.2, -0.15) is 18.3 Å². The third-order valence-corrected chi connectivity index (χ3v) is 5.81. The summed E-state index contributed by atoms with van der Waals surface area (Å²) in [6, 6.07) is 9.29. The molecule has 5 rings (SSSR count). The van der Waals surface area contributed by atoms with E-state index in [0.717, 1.165) is 10.4 Å². The summed E-state index contributed by atoms with van der Waals surface area (Å²) in [4.78, 5) is 15.1. The van der Waals surface area contributed by atoms with Crippen LogP contribution in [0, 0.1) is 0 Å². The minimum Gasteiger partial charge on any atom is -0.467 e. The Morgan fingerprint density at radius 2 is 1.94 bits per heavy atom. The molecule has 0 bridgehead atoms. The zero-order valence-corrected chi connectivity index (χ0v) is 17.5. The summed E-state index contributed by atoms with van der Waals surface area (Å²) in [6.45, 7) is 2.52. The number of hydrogen-bond acceptors (Lipinski definition) is 6. The molecule has 0 aliphatic carbocycles. The van der Waals surface area contributed by atoms with Gasteiger partial charge < -0.3 is 24.7 Å². The van der Waals surface area contributed by atoms with E-state index < -0.39 is 24.2 Å². The lowest BCUT2D eigenvalue weighted by atomic mass is 10.0. The van der Waals surface area contributed by atoms with Crippen molar-refractivity contribution in [3.05, 3.63) is 60.2 Å². The highest BCUT2D eigenvalue weighted by atomic mass is 19.4. The molecular formula is C22H22F3N5O3. The number of nitrogens with zero attached hydrogens (tertiary/aromatic N) is 3. The minimum atomic E-state index is -4.54. The summed E-state index contributed by atoms with van der Waals surface area (Å²) in [5, 5.41) is 9.82. The van der Waals surface area contributed by atoms with Crippen molar-refractivity contribution in [3.63, 3.8) is 0 Å². The van der Waals surface area contributed by atoms with Crippen molar-refractivity contribution in [2.75, 3.05) is 41.8 Å². The molecule has 33 heavy (non-hydrogen) atoms. The molecule has 1 aromatic carbocycles. The molecule has 0 spiro atoms. The Balaban J connectivity index is 1.41. The Labute approximate surface area is 187 Å².